The van der Waals surface area contributed by atoms with Crippen molar-refractivity contribution < 1.29 is 35.1 Å². The van der Waals surface area contributed by atoms with Crippen LogP contribution in [-0.4, -0.2) is 19.8 Å². The van der Waals surface area contributed by atoms with Gasteiger partial charge in [-0.05, 0) is 0 Å². The zero-order valence-electron chi connectivity index (χ0n) is 9.29. The molecule has 0 saturated heterocycles. The van der Waals surface area contributed by atoms with E-state index < -0.39 is 50.3 Å². The molecule has 0 aliphatic heterocycles. The first-order valence-electron chi connectivity index (χ1n) is 4.67. The SMILES string of the molecule is NCc1cnc(S(=O)(=O)Cl)c(C(F)F)c1OC(F)(F)F. The monoisotopic (exact) mass is 340 g/mol. The molecule has 0 aliphatic carbocycles. The van der Waals surface area contributed by atoms with Crippen LogP contribution in [0.25, 0.3) is 0 Å². The quantitative estimate of drug-likeness (QED) is 0.672. The van der Waals surface area contributed by atoms with Gasteiger partial charge in [-0.25, -0.2) is 22.2 Å². The highest BCUT2D eigenvalue weighted by Crippen LogP contribution is 2.39. The van der Waals surface area contributed by atoms with Gasteiger partial charge in [0, 0.05) is 29.0 Å². The average molecular weight is 341 g/mol. The van der Waals surface area contributed by atoms with E-state index >= 15 is 0 Å². The van der Waals surface area contributed by atoms with Gasteiger partial charge in [0.05, 0.1) is 5.56 Å². The highest BCUT2D eigenvalue weighted by molar-refractivity contribution is 8.13. The van der Waals surface area contributed by atoms with Crippen LogP contribution in [0, 0.1) is 0 Å². The van der Waals surface area contributed by atoms with Gasteiger partial charge >= 0.3 is 6.36 Å². The van der Waals surface area contributed by atoms with Crippen LogP contribution in [0.4, 0.5) is 22.0 Å². The fraction of sp³-hybridized carbons (Fsp3) is 0.375. The Balaban J connectivity index is 3.67. The van der Waals surface area contributed by atoms with Crippen molar-refractivity contribution in [2.45, 2.75) is 24.4 Å². The van der Waals surface area contributed by atoms with Gasteiger partial charge < -0.3 is 10.5 Å². The lowest BCUT2D eigenvalue weighted by Gasteiger charge is -2.17. The molecule has 1 heterocycles. The molecule has 114 valence electrons. The molecule has 1 rings (SSSR count). The Kier molecular flexibility index (Phi) is 4.77. The lowest BCUT2D eigenvalue weighted by atomic mass is 10.1. The number of ether oxygens (including phenoxy) is 1. The van der Waals surface area contributed by atoms with Crippen LogP contribution < -0.4 is 10.5 Å². The van der Waals surface area contributed by atoms with E-state index in [1.54, 1.807) is 0 Å². The Hall–Kier alpha value is -1.20. The molecule has 0 spiro atoms. The number of halogens is 6. The predicted octanol–water partition coefficient (Wildman–Crippen LogP) is 2.30. The summed E-state index contributed by atoms with van der Waals surface area (Å²) in [6, 6.07) is 0. The van der Waals surface area contributed by atoms with Gasteiger partial charge in [0.2, 0.25) is 0 Å². The number of rotatable bonds is 4. The molecular weight excluding hydrogens is 335 g/mol. The molecule has 0 atom stereocenters. The minimum atomic E-state index is -5.32. The fourth-order valence-electron chi connectivity index (χ4n) is 1.30. The van der Waals surface area contributed by atoms with Crippen molar-refractivity contribution in [1.82, 2.24) is 4.98 Å². The molecule has 1 aromatic rings. The van der Waals surface area contributed by atoms with Crippen molar-refractivity contribution in [1.29, 1.82) is 0 Å². The first-order chi connectivity index (χ1) is 8.97. The van der Waals surface area contributed by atoms with E-state index in [-0.39, 0.29) is 0 Å². The Bertz CT molecular complexity index is 605. The van der Waals surface area contributed by atoms with Crippen LogP contribution in [0.2, 0.25) is 0 Å². The van der Waals surface area contributed by atoms with Gasteiger partial charge in [0.1, 0.15) is 5.75 Å². The topological polar surface area (TPSA) is 82.3 Å². The summed E-state index contributed by atoms with van der Waals surface area (Å²) in [5.41, 5.74) is 2.96. The summed E-state index contributed by atoms with van der Waals surface area (Å²) in [5, 5.41) is -1.41. The highest BCUT2D eigenvalue weighted by atomic mass is 35.7. The van der Waals surface area contributed by atoms with Gasteiger partial charge in [-0.1, -0.05) is 0 Å². The molecule has 2 N–H and O–H groups in total. The number of hydrogen-bond acceptors (Lipinski definition) is 5. The van der Waals surface area contributed by atoms with Crippen LogP contribution in [0.15, 0.2) is 11.2 Å². The molecule has 5 nitrogen and oxygen atoms in total. The number of pyridine rings is 1. The van der Waals surface area contributed by atoms with Crippen LogP contribution in [0.1, 0.15) is 17.6 Å². The second-order valence-corrected chi connectivity index (χ2v) is 5.80. The zero-order valence-corrected chi connectivity index (χ0v) is 10.9. The maximum absolute atomic E-state index is 12.9. The molecule has 0 aliphatic rings. The van der Waals surface area contributed by atoms with Crippen molar-refractivity contribution in [2.24, 2.45) is 5.73 Å². The van der Waals surface area contributed by atoms with Crippen LogP contribution in [-0.2, 0) is 15.6 Å². The van der Waals surface area contributed by atoms with Gasteiger partial charge in [0.25, 0.3) is 15.5 Å². The number of aromatic nitrogens is 1. The normalized spacial score (nSPS) is 12.8. The van der Waals surface area contributed by atoms with E-state index in [1.165, 1.54) is 0 Å². The molecular formula is C8H6ClF5N2O3S. The minimum Gasteiger partial charge on any atom is -0.405 e. The summed E-state index contributed by atoms with van der Waals surface area (Å²) < 4.78 is 88.0. The molecule has 0 fully saturated rings. The van der Waals surface area contributed by atoms with E-state index in [0.29, 0.717) is 6.20 Å². The maximum Gasteiger partial charge on any atom is 0.573 e. The van der Waals surface area contributed by atoms with E-state index in [0.717, 1.165) is 0 Å². The van der Waals surface area contributed by atoms with Crippen LogP contribution in [0.3, 0.4) is 0 Å². The van der Waals surface area contributed by atoms with Crippen molar-refractivity contribution in [3.8, 4) is 5.75 Å². The third-order valence-electron chi connectivity index (χ3n) is 1.99. The standard InChI is InChI=1S/C8H6ClF5N2O3S/c9-20(17,18)7-4(6(10)11)5(19-8(12,13)14)3(1-15)2-16-7/h2,6H,1,15H2. The third kappa shape index (κ3) is 3.90. The summed E-state index contributed by atoms with van der Waals surface area (Å²) in [7, 11) is 0.0662. The zero-order chi connectivity index (χ0) is 15.7. The second kappa shape index (κ2) is 5.66. The molecule has 0 aromatic carbocycles. The lowest BCUT2D eigenvalue weighted by molar-refractivity contribution is -0.275. The Morgan fingerprint density at radius 1 is 1.40 bits per heavy atom. The largest absolute Gasteiger partial charge is 0.573 e. The maximum atomic E-state index is 12.9. The predicted molar refractivity (Wildman–Crippen MR) is 56.8 cm³/mol. The van der Waals surface area contributed by atoms with Gasteiger partial charge in [-0.2, -0.15) is 0 Å². The molecule has 0 radical (unpaired) electrons. The van der Waals surface area contributed by atoms with Gasteiger partial charge in [-0.15, -0.1) is 13.2 Å². The van der Waals surface area contributed by atoms with Crippen LogP contribution >= 0.6 is 10.7 Å². The smallest absolute Gasteiger partial charge is 0.405 e. The van der Waals surface area contributed by atoms with Gasteiger partial charge in [-0.3, -0.25) is 0 Å². The first kappa shape index (κ1) is 16.9. The molecule has 0 bridgehead atoms. The number of nitrogens with two attached hydrogens (primary N) is 1. The van der Waals surface area contributed by atoms with E-state index in [1.807, 2.05) is 0 Å². The number of nitrogens with zero attached hydrogens (tertiary/aromatic N) is 1. The molecule has 12 heteroatoms. The Labute approximate surface area is 113 Å². The Morgan fingerprint density at radius 3 is 2.30 bits per heavy atom. The number of alkyl halides is 5. The summed E-state index contributed by atoms with van der Waals surface area (Å²) in [4.78, 5) is 3.11. The van der Waals surface area contributed by atoms with Crippen molar-refractivity contribution >= 4 is 19.7 Å². The summed E-state index contributed by atoms with van der Waals surface area (Å²) >= 11 is 0. The fourth-order valence-corrected chi connectivity index (χ4v) is 2.30. The molecule has 1 aromatic heterocycles. The average Bonchev–Trinajstić information content (AvgIpc) is 2.24. The summed E-state index contributed by atoms with van der Waals surface area (Å²) in [6.45, 7) is -0.624. The molecule has 0 unspecified atom stereocenters. The number of hydrogen-bond donors (Lipinski definition) is 1. The second-order valence-electron chi connectivity index (χ2n) is 3.32. The lowest BCUT2D eigenvalue weighted by Crippen LogP contribution is -2.21. The van der Waals surface area contributed by atoms with Crippen molar-refractivity contribution in [2.75, 3.05) is 0 Å². The van der Waals surface area contributed by atoms with Crippen molar-refractivity contribution in [3.63, 3.8) is 0 Å². The summed E-state index contributed by atoms with van der Waals surface area (Å²) in [6.07, 6.45) is -8.36. The van der Waals surface area contributed by atoms with Crippen molar-refractivity contribution in [3.05, 3.63) is 17.3 Å². The first-order valence-corrected chi connectivity index (χ1v) is 6.98. The molecule has 20 heavy (non-hydrogen) atoms. The van der Waals surface area contributed by atoms with Gasteiger partial charge in [0.15, 0.2) is 5.03 Å². The molecule has 0 amide bonds. The van der Waals surface area contributed by atoms with E-state index in [9.17, 15) is 30.4 Å². The third-order valence-corrected chi connectivity index (χ3v) is 3.22. The van der Waals surface area contributed by atoms with Crippen LogP contribution in [0.5, 0.6) is 5.75 Å². The summed E-state index contributed by atoms with van der Waals surface area (Å²) in [5.74, 6) is -1.41. The highest BCUT2D eigenvalue weighted by Gasteiger charge is 2.37. The minimum absolute atomic E-state index is 0.540. The molecule has 0 saturated carbocycles. The Morgan fingerprint density at radius 2 is 1.95 bits per heavy atom. The van der Waals surface area contributed by atoms with E-state index in [4.69, 9.17) is 16.4 Å². The van der Waals surface area contributed by atoms with E-state index in [2.05, 4.69) is 9.72 Å².